The van der Waals surface area contributed by atoms with Crippen molar-refractivity contribution >= 4 is 27.0 Å². The van der Waals surface area contributed by atoms with E-state index in [9.17, 15) is 0 Å². The zero-order valence-electron chi connectivity index (χ0n) is 8.70. The second kappa shape index (κ2) is 3.75. The van der Waals surface area contributed by atoms with Crippen LogP contribution < -0.4 is 4.74 Å². The monoisotopic (exact) mass is 283 g/mol. The number of fused-ring (bicyclic) bond motifs is 1. The predicted octanol–water partition coefficient (Wildman–Crippen LogP) is 2.71. The van der Waals surface area contributed by atoms with Gasteiger partial charge in [0.2, 0.25) is 5.89 Å². The number of nitrogens with zero attached hydrogens (tertiary/aromatic N) is 1. The van der Waals surface area contributed by atoms with Gasteiger partial charge in [-0.2, -0.15) is 0 Å². The van der Waals surface area contributed by atoms with Crippen molar-refractivity contribution in [2.45, 2.75) is 5.92 Å². The van der Waals surface area contributed by atoms with Crippen molar-refractivity contribution in [3.8, 4) is 5.75 Å². The largest absolute Gasteiger partial charge is 0.495 e. The fourth-order valence-electron chi connectivity index (χ4n) is 1.66. The quantitative estimate of drug-likeness (QED) is 0.850. The highest BCUT2D eigenvalue weighted by Gasteiger charge is 2.26. The summed E-state index contributed by atoms with van der Waals surface area (Å²) in [5.74, 6) is 1.82. The van der Waals surface area contributed by atoms with Crippen LogP contribution in [0.5, 0.6) is 5.75 Å². The molecule has 0 unspecified atom stereocenters. The van der Waals surface area contributed by atoms with Gasteiger partial charge in [0.15, 0.2) is 5.58 Å². The maximum atomic E-state index is 5.68. The van der Waals surface area contributed by atoms with Crippen molar-refractivity contribution in [1.82, 2.24) is 4.98 Å². The minimum atomic E-state index is 0.303. The number of halogens is 1. The van der Waals surface area contributed by atoms with Crippen LogP contribution in [0.3, 0.4) is 0 Å². The third kappa shape index (κ3) is 1.51. The van der Waals surface area contributed by atoms with Gasteiger partial charge >= 0.3 is 0 Å². The molecule has 1 aliphatic heterocycles. The van der Waals surface area contributed by atoms with Crippen LogP contribution in [0.4, 0.5) is 0 Å². The first kappa shape index (κ1) is 10.1. The van der Waals surface area contributed by atoms with Crippen molar-refractivity contribution in [1.29, 1.82) is 0 Å². The molecule has 0 radical (unpaired) electrons. The number of oxazole rings is 1. The van der Waals surface area contributed by atoms with E-state index in [2.05, 4.69) is 20.9 Å². The Balaban J connectivity index is 2.09. The standard InChI is InChI=1S/C11H10BrNO3/c1-14-9-3-8-10(2-7(9)12)16-11(13-8)6-4-15-5-6/h2-3,6H,4-5H2,1H3. The summed E-state index contributed by atoms with van der Waals surface area (Å²) < 4.78 is 16.9. The second-order valence-corrected chi connectivity index (χ2v) is 4.60. The molecular formula is C11H10BrNO3. The Morgan fingerprint density at radius 1 is 1.44 bits per heavy atom. The van der Waals surface area contributed by atoms with Crippen molar-refractivity contribution in [2.75, 3.05) is 20.3 Å². The third-order valence-electron chi connectivity index (χ3n) is 2.67. The van der Waals surface area contributed by atoms with Crippen molar-refractivity contribution in [3.05, 3.63) is 22.5 Å². The van der Waals surface area contributed by atoms with Gasteiger partial charge in [-0.3, -0.25) is 0 Å². The van der Waals surface area contributed by atoms with Gasteiger partial charge in [0.25, 0.3) is 0 Å². The summed E-state index contributed by atoms with van der Waals surface area (Å²) >= 11 is 3.42. The summed E-state index contributed by atoms with van der Waals surface area (Å²) in [5.41, 5.74) is 1.59. The summed E-state index contributed by atoms with van der Waals surface area (Å²) in [6.07, 6.45) is 0. The molecular weight excluding hydrogens is 274 g/mol. The summed E-state index contributed by atoms with van der Waals surface area (Å²) in [6.45, 7) is 1.40. The first-order chi connectivity index (χ1) is 7.78. The van der Waals surface area contributed by atoms with Gasteiger partial charge in [-0.1, -0.05) is 0 Å². The predicted molar refractivity (Wildman–Crippen MR) is 61.8 cm³/mol. The molecule has 4 nitrogen and oxygen atoms in total. The van der Waals surface area contributed by atoms with E-state index in [0.29, 0.717) is 19.1 Å². The van der Waals surface area contributed by atoms with E-state index in [1.807, 2.05) is 12.1 Å². The topological polar surface area (TPSA) is 44.5 Å². The molecule has 0 bridgehead atoms. The van der Waals surface area contributed by atoms with Crippen LogP contribution >= 0.6 is 15.9 Å². The average molecular weight is 284 g/mol. The minimum Gasteiger partial charge on any atom is -0.495 e. The average Bonchev–Trinajstić information content (AvgIpc) is 2.55. The van der Waals surface area contributed by atoms with Crippen LogP contribution in [0.2, 0.25) is 0 Å². The fraction of sp³-hybridized carbons (Fsp3) is 0.364. The van der Waals surface area contributed by atoms with E-state index >= 15 is 0 Å². The molecule has 2 aromatic rings. The van der Waals surface area contributed by atoms with E-state index in [4.69, 9.17) is 13.9 Å². The maximum Gasteiger partial charge on any atom is 0.203 e. The second-order valence-electron chi connectivity index (χ2n) is 3.74. The lowest BCUT2D eigenvalue weighted by Gasteiger charge is -2.22. The molecule has 0 spiro atoms. The number of methoxy groups -OCH3 is 1. The molecule has 0 aliphatic carbocycles. The zero-order chi connectivity index (χ0) is 11.1. The molecule has 84 valence electrons. The lowest BCUT2D eigenvalue weighted by atomic mass is 10.1. The molecule has 0 atom stereocenters. The first-order valence-electron chi connectivity index (χ1n) is 4.99. The van der Waals surface area contributed by atoms with Gasteiger partial charge < -0.3 is 13.9 Å². The van der Waals surface area contributed by atoms with E-state index in [0.717, 1.165) is 27.2 Å². The summed E-state index contributed by atoms with van der Waals surface area (Å²) in [5, 5.41) is 0. The highest BCUT2D eigenvalue weighted by molar-refractivity contribution is 9.10. The smallest absolute Gasteiger partial charge is 0.203 e. The van der Waals surface area contributed by atoms with Gasteiger partial charge in [0, 0.05) is 12.1 Å². The molecule has 3 rings (SSSR count). The van der Waals surface area contributed by atoms with Gasteiger partial charge in [-0.25, -0.2) is 4.98 Å². The lowest BCUT2D eigenvalue weighted by molar-refractivity contribution is -0.00172. The number of hydrogen-bond acceptors (Lipinski definition) is 4. The Morgan fingerprint density at radius 3 is 2.88 bits per heavy atom. The molecule has 2 heterocycles. The zero-order valence-corrected chi connectivity index (χ0v) is 10.3. The molecule has 16 heavy (non-hydrogen) atoms. The number of rotatable bonds is 2. The molecule has 1 aromatic heterocycles. The fourth-order valence-corrected chi connectivity index (χ4v) is 2.14. The first-order valence-corrected chi connectivity index (χ1v) is 5.79. The molecule has 1 saturated heterocycles. The van der Waals surface area contributed by atoms with E-state index in [-0.39, 0.29) is 0 Å². The Bertz CT molecular complexity index is 533. The van der Waals surface area contributed by atoms with Crippen LogP contribution in [0.25, 0.3) is 11.1 Å². The highest BCUT2D eigenvalue weighted by atomic mass is 79.9. The highest BCUT2D eigenvalue weighted by Crippen LogP contribution is 2.33. The van der Waals surface area contributed by atoms with Crippen LogP contribution in [-0.4, -0.2) is 25.3 Å². The maximum absolute atomic E-state index is 5.68. The SMILES string of the molecule is COc1cc2nc(C3COC3)oc2cc1Br. The molecule has 1 fully saturated rings. The Kier molecular flexibility index (Phi) is 2.37. The van der Waals surface area contributed by atoms with Crippen molar-refractivity contribution in [3.63, 3.8) is 0 Å². The van der Waals surface area contributed by atoms with Crippen LogP contribution in [0.15, 0.2) is 21.0 Å². The molecule has 1 aromatic carbocycles. The third-order valence-corrected chi connectivity index (χ3v) is 3.29. The lowest BCUT2D eigenvalue weighted by Crippen LogP contribution is -2.25. The Labute approximate surface area is 101 Å². The van der Waals surface area contributed by atoms with E-state index in [1.165, 1.54) is 0 Å². The summed E-state index contributed by atoms with van der Waals surface area (Å²) in [6, 6.07) is 3.75. The molecule has 5 heteroatoms. The number of ether oxygens (including phenoxy) is 2. The normalized spacial score (nSPS) is 16.4. The van der Waals surface area contributed by atoms with Crippen LogP contribution in [0, 0.1) is 0 Å². The number of benzene rings is 1. The Hall–Kier alpha value is -1.07. The number of aromatic nitrogens is 1. The molecule has 0 N–H and O–H groups in total. The van der Waals surface area contributed by atoms with Crippen LogP contribution in [0.1, 0.15) is 11.8 Å². The van der Waals surface area contributed by atoms with Crippen LogP contribution in [-0.2, 0) is 4.74 Å². The summed E-state index contributed by atoms with van der Waals surface area (Å²) in [7, 11) is 1.63. The van der Waals surface area contributed by atoms with Gasteiger partial charge in [-0.05, 0) is 15.9 Å². The summed E-state index contributed by atoms with van der Waals surface area (Å²) in [4.78, 5) is 4.44. The van der Waals surface area contributed by atoms with Crippen molar-refractivity contribution < 1.29 is 13.9 Å². The van der Waals surface area contributed by atoms with E-state index in [1.54, 1.807) is 7.11 Å². The Morgan fingerprint density at radius 2 is 2.25 bits per heavy atom. The molecule has 1 aliphatic rings. The van der Waals surface area contributed by atoms with Crippen molar-refractivity contribution in [2.24, 2.45) is 0 Å². The van der Waals surface area contributed by atoms with Gasteiger partial charge in [0.1, 0.15) is 11.3 Å². The van der Waals surface area contributed by atoms with Gasteiger partial charge in [0.05, 0.1) is 30.7 Å². The molecule has 0 saturated carbocycles. The molecule has 0 amide bonds. The number of hydrogen-bond donors (Lipinski definition) is 0. The van der Waals surface area contributed by atoms with Gasteiger partial charge in [-0.15, -0.1) is 0 Å². The van der Waals surface area contributed by atoms with E-state index < -0.39 is 0 Å². The minimum absolute atomic E-state index is 0.303.